The van der Waals surface area contributed by atoms with Crippen LogP contribution in [0.5, 0.6) is 0 Å². The van der Waals surface area contributed by atoms with Crippen molar-refractivity contribution in [1.29, 1.82) is 0 Å². The lowest BCUT2D eigenvalue weighted by atomic mass is 10.0. The van der Waals surface area contributed by atoms with E-state index in [1.807, 2.05) is 73.9 Å². The molecule has 2 saturated carbocycles. The number of hydrogen-bond donors (Lipinski definition) is 5. The Bertz CT molecular complexity index is 2340. The Labute approximate surface area is 318 Å². The van der Waals surface area contributed by atoms with E-state index >= 15 is 0 Å². The molecule has 2 aromatic heterocycles. The lowest BCUT2D eigenvalue weighted by molar-refractivity contribution is -0.137. The predicted octanol–water partition coefficient (Wildman–Crippen LogP) is 4.84. The minimum absolute atomic E-state index is 0.109. The highest BCUT2D eigenvalue weighted by Crippen LogP contribution is 2.54. The molecule has 14 nitrogen and oxygen atoms in total. The molecule has 4 aromatic rings. The summed E-state index contributed by atoms with van der Waals surface area (Å²) in [5.74, 6) is 13.7. The number of benzene rings is 2. The number of ether oxygens (including phenoxy) is 1. The first-order valence-electron chi connectivity index (χ1n) is 18.9. The van der Waals surface area contributed by atoms with Gasteiger partial charge in [0, 0.05) is 23.2 Å². The van der Waals surface area contributed by atoms with Crippen molar-refractivity contribution in [3.8, 4) is 23.7 Å². The highest BCUT2D eigenvalue weighted by molar-refractivity contribution is 5.88. The Morgan fingerprint density at radius 2 is 1.20 bits per heavy atom. The van der Waals surface area contributed by atoms with E-state index in [1.165, 1.54) is 7.11 Å². The number of aromatic amines is 2. The Balaban J connectivity index is 0.960. The average molecular weight is 745 g/mol. The lowest BCUT2D eigenvalue weighted by Crippen LogP contribution is -2.52. The molecule has 0 spiro atoms. The number of alkyl carbamates (subject to hydrolysis) is 1. The number of carbonyl (C=O) groups is 4. The maximum atomic E-state index is 13.8. The Morgan fingerprint density at radius 1 is 0.745 bits per heavy atom. The summed E-state index contributed by atoms with van der Waals surface area (Å²) in [5.41, 5.74) is 4.67. The summed E-state index contributed by atoms with van der Waals surface area (Å²) in [6.45, 7) is 7.49. The number of hydrogen-bond acceptors (Lipinski definition) is 7. The fourth-order valence-corrected chi connectivity index (χ4v) is 8.44. The number of imidazole rings is 2. The summed E-state index contributed by atoms with van der Waals surface area (Å²) in [6, 6.07) is 9.70. The van der Waals surface area contributed by atoms with E-state index in [1.54, 1.807) is 0 Å². The molecule has 8 rings (SSSR count). The highest BCUT2D eigenvalue weighted by atomic mass is 16.5. The summed E-state index contributed by atoms with van der Waals surface area (Å²) in [5, 5.41) is 14.5. The van der Waals surface area contributed by atoms with Gasteiger partial charge in [-0.15, -0.1) is 0 Å². The minimum atomic E-state index is -1.21. The van der Waals surface area contributed by atoms with Crippen molar-refractivity contribution in [2.75, 3.05) is 7.11 Å². The largest absolute Gasteiger partial charge is 0.465 e. The van der Waals surface area contributed by atoms with Crippen LogP contribution >= 0.6 is 0 Å². The molecular weight excluding hydrogens is 701 g/mol. The monoisotopic (exact) mass is 744 g/mol. The van der Waals surface area contributed by atoms with Gasteiger partial charge >= 0.3 is 12.2 Å². The average Bonchev–Trinajstić information content (AvgIpc) is 3.82. The molecule has 4 aliphatic rings. The van der Waals surface area contributed by atoms with Gasteiger partial charge in [-0.05, 0) is 97.6 Å². The molecule has 8 atom stereocenters. The van der Waals surface area contributed by atoms with Crippen LogP contribution in [0.4, 0.5) is 9.59 Å². The zero-order chi connectivity index (χ0) is 38.7. The Morgan fingerprint density at radius 3 is 1.62 bits per heavy atom. The molecule has 2 saturated heterocycles. The highest BCUT2D eigenvalue weighted by Gasteiger charge is 2.57. The van der Waals surface area contributed by atoms with Crippen molar-refractivity contribution in [3.63, 3.8) is 0 Å². The van der Waals surface area contributed by atoms with Crippen molar-refractivity contribution >= 4 is 46.1 Å². The molecule has 0 radical (unpaired) electrons. The molecule has 14 heteroatoms. The molecule has 4 heterocycles. The van der Waals surface area contributed by atoms with Crippen LogP contribution in [0.15, 0.2) is 36.4 Å². The van der Waals surface area contributed by atoms with Gasteiger partial charge in [-0.3, -0.25) is 9.59 Å². The van der Waals surface area contributed by atoms with E-state index in [9.17, 15) is 24.3 Å². The summed E-state index contributed by atoms with van der Waals surface area (Å²) in [4.78, 5) is 71.0. The molecule has 55 heavy (non-hydrogen) atoms. The SMILES string of the molecule is COC(=O)N[C@H](C(=O)N1[C@@H]2CC2C[C@H]1c1nc2ccc(C#CC#Cc3ccc4nc([C@@H]5CC6C[C@H]6N5C(=O)[C@@H](NC(=O)O)C(C)C)[nH]c4c3)cc2[nH]1)C(C)C. The third-order valence-electron chi connectivity index (χ3n) is 11.4. The molecule has 2 aliphatic carbocycles. The van der Waals surface area contributed by atoms with Crippen molar-refractivity contribution in [2.24, 2.45) is 23.7 Å². The van der Waals surface area contributed by atoms with Crippen LogP contribution in [0.3, 0.4) is 0 Å². The van der Waals surface area contributed by atoms with Gasteiger partial charge in [-0.2, -0.15) is 0 Å². The van der Waals surface area contributed by atoms with E-state index in [4.69, 9.17) is 14.7 Å². The number of likely N-dealkylation sites (tertiary alicyclic amines) is 2. The molecule has 2 unspecified atom stereocenters. The van der Waals surface area contributed by atoms with Gasteiger partial charge in [-0.25, -0.2) is 19.6 Å². The molecule has 5 N–H and O–H groups in total. The Kier molecular flexibility index (Phi) is 9.16. The molecule has 0 bridgehead atoms. The molecule has 2 aromatic carbocycles. The van der Waals surface area contributed by atoms with Crippen LogP contribution in [0.25, 0.3) is 22.1 Å². The second-order valence-corrected chi connectivity index (χ2v) is 15.9. The number of methoxy groups -OCH3 is 1. The predicted molar refractivity (Wildman–Crippen MR) is 202 cm³/mol. The summed E-state index contributed by atoms with van der Waals surface area (Å²) < 4.78 is 4.78. The molecule has 4 fully saturated rings. The van der Waals surface area contributed by atoms with Crippen LogP contribution in [-0.4, -0.2) is 90.1 Å². The van der Waals surface area contributed by atoms with Gasteiger partial charge < -0.3 is 40.2 Å². The van der Waals surface area contributed by atoms with E-state index in [0.29, 0.717) is 17.7 Å². The number of piperidine rings is 2. The van der Waals surface area contributed by atoms with Crippen molar-refractivity contribution in [1.82, 2.24) is 40.4 Å². The molecule has 4 amide bonds. The standard InChI is InChI=1S/C41H44N8O6/c1-20(2)34(46-40(52)53)38(50)48-30-16-24(30)18-32(48)36-42-26-12-10-22(14-28(26)44-36)8-6-7-9-23-11-13-27-29(15-23)45-37(43-27)33-19-25-17-31(25)49(33)39(51)35(21(3)4)47-41(54)55-5/h10-15,20-21,24-25,30-35,46H,16-19H2,1-5H3,(H,42,44)(H,43,45)(H,47,54)(H,52,53)/t24?,25?,30-,31-,32+,33+,34+,35+/m1/s1. The number of nitrogens with one attached hydrogen (secondary N) is 4. The summed E-state index contributed by atoms with van der Waals surface area (Å²) in [6.07, 6.45) is 1.65. The van der Waals surface area contributed by atoms with Crippen LogP contribution < -0.4 is 10.6 Å². The number of aromatic nitrogens is 4. The fourth-order valence-electron chi connectivity index (χ4n) is 8.44. The van der Waals surface area contributed by atoms with E-state index in [-0.39, 0.29) is 47.8 Å². The molecular formula is C41H44N8O6. The number of amides is 4. The van der Waals surface area contributed by atoms with Gasteiger partial charge in [0.25, 0.3) is 0 Å². The summed E-state index contributed by atoms with van der Waals surface area (Å²) >= 11 is 0. The zero-order valence-corrected chi connectivity index (χ0v) is 31.3. The van der Waals surface area contributed by atoms with Gasteiger partial charge in [-0.1, -0.05) is 39.5 Å². The maximum Gasteiger partial charge on any atom is 0.407 e. The second-order valence-electron chi connectivity index (χ2n) is 15.9. The number of fused-ring (bicyclic) bond motifs is 4. The van der Waals surface area contributed by atoms with Gasteiger partial charge in [0.05, 0.1) is 41.3 Å². The van der Waals surface area contributed by atoms with Crippen LogP contribution in [0.2, 0.25) is 0 Å². The van der Waals surface area contributed by atoms with Gasteiger partial charge in [0.1, 0.15) is 23.7 Å². The maximum absolute atomic E-state index is 13.8. The topological polar surface area (TPSA) is 186 Å². The van der Waals surface area contributed by atoms with Crippen molar-refractivity contribution < 1.29 is 29.0 Å². The van der Waals surface area contributed by atoms with Gasteiger partial charge in [0.2, 0.25) is 11.8 Å². The molecule has 284 valence electrons. The third-order valence-corrected chi connectivity index (χ3v) is 11.4. The smallest absolute Gasteiger partial charge is 0.407 e. The third kappa shape index (κ3) is 6.93. The summed E-state index contributed by atoms with van der Waals surface area (Å²) in [7, 11) is 1.29. The van der Waals surface area contributed by atoms with Crippen LogP contribution in [0.1, 0.15) is 88.2 Å². The first-order valence-corrected chi connectivity index (χ1v) is 18.9. The number of carboxylic acid groups (broad SMARTS) is 1. The van der Waals surface area contributed by atoms with Crippen LogP contribution in [0, 0.1) is 47.4 Å². The number of H-pyrrole nitrogens is 2. The first kappa shape index (κ1) is 36.0. The van der Waals surface area contributed by atoms with Gasteiger partial charge in [0.15, 0.2) is 0 Å². The van der Waals surface area contributed by atoms with E-state index in [2.05, 4.69) is 44.3 Å². The van der Waals surface area contributed by atoms with Crippen LogP contribution in [-0.2, 0) is 14.3 Å². The minimum Gasteiger partial charge on any atom is -0.465 e. The number of carbonyl (C=O) groups excluding carboxylic acids is 3. The lowest BCUT2D eigenvalue weighted by Gasteiger charge is -2.31. The normalized spacial score (nSPS) is 24.3. The number of nitrogens with zero attached hydrogens (tertiary/aromatic N) is 4. The van der Waals surface area contributed by atoms with Crippen molar-refractivity contribution in [3.05, 3.63) is 59.2 Å². The molecule has 2 aliphatic heterocycles. The second kappa shape index (κ2) is 14.0. The first-order chi connectivity index (χ1) is 26.4. The Hall–Kier alpha value is -6.02. The van der Waals surface area contributed by atoms with E-state index < -0.39 is 24.3 Å². The number of rotatable bonds is 8. The quantitative estimate of drug-likeness (QED) is 0.159. The van der Waals surface area contributed by atoms with Crippen molar-refractivity contribution in [2.45, 2.75) is 89.6 Å². The fraction of sp³-hybridized carbons (Fsp3) is 0.463. The zero-order valence-electron chi connectivity index (χ0n) is 31.3. The van der Waals surface area contributed by atoms with E-state index in [0.717, 1.165) is 64.7 Å².